The molecule has 22 heavy (non-hydrogen) atoms. The highest BCUT2D eigenvalue weighted by Gasteiger charge is 2.30. The number of morpholine rings is 1. The van der Waals surface area contributed by atoms with E-state index < -0.39 is 0 Å². The minimum atomic E-state index is -0.218. The average Bonchev–Trinajstić information content (AvgIpc) is 2.56. The van der Waals surface area contributed by atoms with E-state index in [1.54, 1.807) is 7.11 Å². The van der Waals surface area contributed by atoms with Gasteiger partial charge < -0.3 is 19.7 Å². The normalized spacial score (nSPS) is 22.2. The molecule has 0 bridgehead atoms. The number of carbonyl (C=O) groups is 1. The molecule has 2 aliphatic heterocycles. The Kier molecular flexibility index (Phi) is 4.49. The lowest BCUT2D eigenvalue weighted by Crippen LogP contribution is -2.49. The summed E-state index contributed by atoms with van der Waals surface area (Å²) in [7, 11) is 1.65. The van der Waals surface area contributed by atoms with Crippen LogP contribution in [0.4, 0.5) is 11.4 Å². The number of fused-ring (bicyclic) bond motifs is 1. The fraction of sp³-hybridized carbons (Fsp3) is 0.562. The van der Waals surface area contributed by atoms with Gasteiger partial charge in [0.2, 0.25) is 5.91 Å². The molecule has 0 radical (unpaired) electrons. The number of nitrogens with zero attached hydrogens (tertiary/aromatic N) is 2. The van der Waals surface area contributed by atoms with Crippen LogP contribution in [-0.2, 0) is 9.53 Å². The first kappa shape index (κ1) is 15.1. The maximum Gasteiger partial charge on any atom is 0.249 e. The summed E-state index contributed by atoms with van der Waals surface area (Å²) in [5, 5.41) is 3.25. The number of benzene rings is 1. The number of hydrogen-bond donors (Lipinski definition) is 1. The van der Waals surface area contributed by atoms with E-state index in [1.165, 1.54) is 0 Å². The smallest absolute Gasteiger partial charge is 0.249 e. The predicted octanol–water partition coefficient (Wildman–Crippen LogP) is 1.17. The van der Waals surface area contributed by atoms with Crippen molar-refractivity contribution in [2.45, 2.75) is 13.0 Å². The molecule has 3 rings (SSSR count). The van der Waals surface area contributed by atoms with Crippen LogP contribution < -0.4 is 15.0 Å². The van der Waals surface area contributed by atoms with Gasteiger partial charge in [0, 0.05) is 32.2 Å². The van der Waals surface area contributed by atoms with E-state index >= 15 is 0 Å². The predicted molar refractivity (Wildman–Crippen MR) is 85.7 cm³/mol. The second kappa shape index (κ2) is 6.54. The van der Waals surface area contributed by atoms with Gasteiger partial charge in [-0.2, -0.15) is 0 Å². The molecule has 1 aromatic carbocycles. The summed E-state index contributed by atoms with van der Waals surface area (Å²) in [5.41, 5.74) is 1.88. The van der Waals surface area contributed by atoms with Gasteiger partial charge in [0.25, 0.3) is 0 Å². The van der Waals surface area contributed by atoms with Crippen molar-refractivity contribution in [2.75, 3.05) is 56.7 Å². The summed E-state index contributed by atoms with van der Waals surface area (Å²) in [5.74, 6) is 0.909. The minimum absolute atomic E-state index is 0.117. The van der Waals surface area contributed by atoms with E-state index in [9.17, 15) is 4.79 Å². The van der Waals surface area contributed by atoms with Gasteiger partial charge >= 0.3 is 0 Å². The molecule has 1 amide bonds. The van der Waals surface area contributed by atoms with E-state index in [0.29, 0.717) is 6.54 Å². The second-order valence-electron chi connectivity index (χ2n) is 5.69. The van der Waals surface area contributed by atoms with Crippen molar-refractivity contribution in [1.82, 2.24) is 4.90 Å². The summed E-state index contributed by atoms with van der Waals surface area (Å²) in [6.07, 6.45) is 0. The minimum Gasteiger partial charge on any atom is -0.497 e. The SMILES string of the molecule is COc1ccc2c(c1)NC(C)C(=O)N2CCN1CCOCC1. The number of anilines is 2. The zero-order valence-electron chi connectivity index (χ0n) is 13.2. The van der Waals surface area contributed by atoms with E-state index in [0.717, 1.165) is 50.0 Å². The Morgan fingerprint density at radius 2 is 2.09 bits per heavy atom. The van der Waals surface area contributed by atoms with E-state index in [-0.39, 0.29) is 11.9 Å². The van der Waals surface area contributed by atoms with Crippen LogP contribution in [0.3, 0.4) is 0 Å². The van der Waals surface area contributed by atoms with Gasteiger partial charge in [-0.25, -0.2) is 0 Å². The maximum atomic E-state index is 12.5. The summed E-state index contributed by atoms with van der Waals surface area (Å²) in [6.45, 7) is 6.89. The lowest BCUT2D eigenvalue weighted by Gasteiger charge is -2.36. The molecule has 0 aliphatic carbocycles. The van der Waals surface area contributed by atoms with Crippen molar-refractivity contribution >= 4 is 17.3 Å². The lowest BCUT2D eigenvalue weighted by atomic mass is 10.1. The van der Waals surface area contributed by atoms with Crippen molar-refractivity contribution in [3.63, 3.8) is 0 Å². The van der Waals surface area contributed by atoms with Crippen molar-refractivity contribution < 1.29 is 14.3 Å². The van der Waals surface area contributed by atoms with E-state index in [1.807, 2.05) is 30.0 Å². The zero-order chi connectivity index (χ0) is 15.5. The molecule has 2 heterocycles. The van der Waals surface area contributed by atoms with E-state index in [4.69, 9.17) is 9.47 Å². The van der Waals surface area contributed by atoms with Crippen LogP contribution in [0.25, 0.3) is 0 Å². The first-order valence-electron chi connectivity index (χ1n) is 7.75. The molecule has 1 atom stereocenters. The fourth-order valence-electron chi connectivity index (χ4n) is 2.94. The molecule has 1 fully saturated rings. The second-order valence-corrected chi connectivity index (χ2v) is 5.69. The monoisotopic (exact) mass is 305 g/mol. The quantitative estimate of drug-likeness (QED) is 0.905. The van der Waals surface area contributed by atoms with Gasteiger partial charge in [-0.1, -0.05) is 0 Å². The Bertz CT molecular complexity index is 543. The van der Waals surface area contributed by atoms with Crippen molar-refractivity contribution in [2.24, 2.45) is 0 Å². The number of rotatable bonds is 4. The Morgan fingerprint density at radius 3 is 2.82 bits per heavy atom. The van der Waals surface area contributed by atoms with Crippen molar-refractivity contribution in [3.8, 4) is 5.75 Å². The fourth-order valence-corrected chi connectivity index (χ4v) is 2.94. The highest BCUT2D eigenvalue weighted by molar-refractivity contribution is 6.04. The van der Waals surface area contributed by atoms with Crippen LogP contribution in [0, 0.1) is 0 Å². The third-order valence-corrected chi connectivity index (χ3v) is 4.25. The van der Waals surface area contributed by atoms with Crippen LogP contribution in [0.15, 0.2) is 18.2 Å². The number of methoxy groups -OCH3 is 1. The third-order valence-electron chi connectivity index (χ3n) is 4.25. The van der Waals surface area contributed by atoms with Gasteiger partial charge in [-0.15, -0.1) is 0 Å². The Hall–Kier alpha value is -1.79. The summed E-state index contributed by atoms with van der Waals surface area (Å²) in [6, 6.07) is 5.57. The summed E-state index contributed by atoms with van der Waals surface area (Å²) in [4.78, 5) is 16.7. The first-order chi connectivity index (χ1) is 10.7. The molecule has 0 aromatic heterocycles. The maximum absolute atomic E-state index is 12.5. The van der Waals surface area contributed by atoms with Crippen LogP contribution in [-0.4, -0.2) is 63.4 Å². The summed E-state index contributed by atoms with van der Waals surface area (Å²) < 4.78 is 10.6. The van der Waals surface area contributed by atoms with Gasteiger partial charge in [-0.3, -0.25) is 9.69 Å². The highest BCUT2D eigenvalue weighted by Crippen LogP contribution is 2.34. The van der Waals surface area contributed by atoms with Crippen molar-refractivity contribution in [3.05, 3.63) is 18.2 Å². The molecule has 1 unspecified atom stereocenters. The van der Waals surface area contributed by atoms with Crippen LogP contribution in [0.5, 0.6) is 5.75 Å². The Balaban J connectivity index is 1.75. The third kappa shape index (κ3) is 3.03. The molecule has 2 aliphatic rings. The zero-order valence-corrected chi connectivity index (χ0v) is 13.2. The molecule has 1 saturated heterocycles. The number of hydrogen-bond acceptors (Lipinski definition) is 5. The van der Waals surface area contributed by atoms with Crippen LogP contribution in [0.1, 0.15) is 6.92 Å². The molecule has 120 valence electrons. The number of carbonyl (C=O) groups excluding carboxylic acids is 1. The highest BCUT2D eigenvalue weighted by atomic mass is 16.5. The van der Waals surface area contributed by atoms with Gasteiger partial charge in [0.15, 0.2) is 0 Å². The molecular formula is C16H23N3O3. The number of ether oxygens (including phenoxy) is 2. The summed E-state index contributed by atoms with van der Waals surface area (Å²) >= 11 is 0. The van der Waals surface area contributed by atoms with Gasteiger partial charge in [0.1, 0.15) is 11.8 Å². The molecule has 0 spiro atoms. The Morgan fingerprint density at radius 1 is 1.32 bits per heavy atom. The largest absolute Gasteiger partial charge is 0.497 e. The van der Waals surface area contributed by atoms with Crippen LogP contribution in [0.2, 0.25) is 0 Å². The van der Waals surface area contributed by atoms with Crippen LogP contribution >= 0.6 is 0 Å². The molecule has 1 aromatic rings. The van der Waals surface area contributed by atoms with Gasteiger partial charge in [0.05, 0.1) is 31.7 Å². The molecular weight excluding hydrogens is 282 g/mol. The molecule has 6 nitrogen and oxygen atoms in total. The molecule has 1 N–H and O–H groups in total. The average molecular weight is 305 g/mol. The number of nitrogens with one attached hydrogen (secondary N) is 1. The standard InChI is InChI=1S/C16H23N3O3/c1-12-16(20)19(6-5-18-7-9-22-10-8-18)15-4-3-13(21-2)11-14(15)17-12/h3-4,11-12,17H,5-10H2,1-2H3. The molecule has 6 heteroatoms. The molecule has 0 saturated carbocycles. The first-order valence-corrected chi connectivity index (χ1v) is 7.75. The van der Waals surface area contributed by atoms with Crippen molar-refractivity contribution in [1.29, 1.82) is 0 Å². The topological polar surface area (TPSA) is 54.0 Å². The van der Waals surface area contributed by atoms with Gasteiger partial charge in [-0.05, 0) is 19.1 Å². The number of amides is 1. The van der Waals surface area contributed by atoms with E-state index in [2.05, 4.69) is 10.2 Å². The Labute approximate surface area is 131 Å². The lowest BCUT2D eigenvalue weighted by molar-refractivity contribution is -0.119.